The van der Waals surface area contributed by atoms with E-state index in [0.29, 0.717) is 24.7 Å². The van der Waals surface area contributed by atoms with E-state index in [-0.39, 0.29) is 0 Å². The number of hydrogen-bond donors (Lipinski definition) is 2. The van der Waals surface area contributed by atoms with E-state index in [2.05, 4.69) is 0 Å². The van der Waals surface area contributed by atoms with Gasteiger partial charge in [-0.15, -0.1) is 0 Å². The minimum Gasteiger partial charge on any atom is -0.496 e. The number of ether oxygens (including phenoxy) is 1. The van der Waals surface area contributed by atoms with Crippen molar-refractivity contribution in [2.24, 2.45) is 0 Å². The van der Waals surface area contributed by atoms with Crippen molar-refractivity contribution in [1.29, 1.82) is 0 Å². The van der Waals surface area contributed by atoms with E-state index in [1.165, 1.54) is 4.90 Å². The third-order valence-electron chi connectivity index (χ3n) is 3.46. The van der Waals surface area contributed by atoms with Crippen LogP contribution >= 0.6 is 0 Å². The van der Waals surface area contributed by atoms with Gasteiger partial charge in [0.1, 0.15) is 5.75 Å². The van der Waals surface area contributed by atoms with Crippen LogP contribution in [0.15, 0.2) is 18.2 Å². The zero-order valence-electron chi connectivity index (χ0n) is 10.4. The van der Waals surface area contributed by atoms with Gasteiger partial charge in [0.25, 0.3) is 0 Å². The Balaban J connectivity index is 2.12. The minimum absolute atomic E-state index is 0.344. The number of hydrogen-bond acceptors (Lipinski definition) is 3. The van der Waals surface area contributed by atoms with E-state index >= 15 is 0 Å². The van der Waals surface area contributed by atoms with E-state index in [1.807, 2.05) is 18.2 Å². The fourth-order valence-electron chi connectivity index (χ4n) is 2.45. The molecule has 5 heteroatoms. The molecule has 0 bridgehead atoms. The Kier molecular flexibility index (Phi) is 3.60. The summed E-state index contributed by atoms with van der Waals surface area (Å²) in [4.78, 5) is 12.3. The number of piperidine rings is 1. The first-order chi connectivity index (χ1) is 8.61. The average Bonchev–Trinajstić information content (AvgIpc) is 2.38. The SMILES string of the molecule is COc1cc(N)ccc1C1CCN(C(=O)O)CC1. The number of methoxy groups -OCH3 is 1. The summed E-state index contributed by atoms with van der Waals surface area (Å²) >= 11 is 0. The Morgan fingerprint density at radius 3 is 2.67 bits per heavy atom. The van der Waals surface area contributed by atoms with Crippen LogP contribution in [0.25, 0.3) is 0 Å². The lowest BCUT2D eigenvalue weighted by Crippen LogP contribution is -2.36. The van der Waals surface area contributed by atoms with Crippen molar-refractivity contribution in [3.8, 4) is 5.75 Å². The lowest BCUT2D eigenvalue weighted by Gasteiger charge is -2.30. The highest BCUT2D eigenvalue weighted by Crippen LogP contribution is 2.35. The van der Waals surface area contributed by atoms with Gasteiger partial charge in [0.2, 0.25) is 0 Å². The first-order valence-corrected chi connectivity index (χ1v) is 6.03. The van der Waals surface area contributed by atoms with Crippen molar-refractivity contribution in [3.05, 3.63) is 23.8 Å². The van der Waals surface area contributed by atoms with Crippen LogP contribution in [0.5, 0.6) is 5.75 Å². The summed E-state index contributed by atoms with van der Waals surface area (Å²) in [7, 11) is 1.63. The van der Waals surface area contributed by atoms with Crippen molar-refractivity contribution in [2.75, 3.05) is 25.9 Å². The summed E-state index contributed by atoms with van der Waals surface area (Å²) in [5, 5.41) is 8.92. The van der Waals surface area contributed by atoms with Gasteiger partial charge in [-0.1, -0.05) is 6.07 Å². The number of carboxylic acid groups (broad SMARTS) is 1. The first-order valence-electron chi connectivity index (χ1n) is 6.03. The number of likely N-dealkylation sites (tertiary alicyclic amines) is 1. The zero-order valence-corrected chi connectivity index (χ0v) is 10.4. The van der Waals surface area contributed by atoms with Crippen molar-refractivity contribution in [2.45, 2.75) is 18.8 Å². The summed E-state index contributed by atoms with van der Waals surface area (Å²) in [6.45, 7) is 1.15. The van der Waals surface area contributed by atoms with E-state index < -0.39 is 6.09 Å². The molecule has 0 atom stereocenters. The smallest absolute Gasteiger partial charge is 0.407 e. The highest BCUT2D eigenvalue weighted by Gasteiger charge is 2.25. The average molecular weight is 250 g/mol. The molecule has 18 heavy (non-hydrogen) atoms. The number of benzene rings is 1. The van der Waals surface area contributed by atoms with Crippen LogP contribution in [0, 0.1) is 0 Å². The molecule has 0 aliphatic carbocycles. The number of rotatable bonds is 2. The Morgan fingerprint density at radius 1 is 1.44 bits per heavy atom. The molecule has 1 fully saturated rings. The Hall–Kier alpha value is -1.91. The van der Waals surface area contributed by atoms with Gasteiger partial charge in [0.05, 0.1) is 7.11 Å². The molecule has 1 aromatic rings. The molecular weight excluding hydrogens is 232 g/mol. The molecule has 1 heterocycles. The third kappa shape index (κ3) is 2.50. The molecule has 0 saturated carbocycles. The molecule has 0 spiro atoms. The molecule has 1 aliphatic heterocycles. The quantitative estimate of drug-likeness (QED) is 0.788. The number of carbonyl (C=O) groups is 1. The van der Waals surface area contributed by atoms with Gasteiger partial charge >= 0.3 is 6.09 Å². The van der Waals surface area contributed by atoms with Crippen molar-refractivity contribution in [3.63, 3.8) is 0 Å². The van der Waals surface area contributed by atoms with Crippen LogP contribution in [0.3, 0.4) is 0 Å². The van der Waals surface area contributed by atoms with Crippen molar-refractivity contribution < 1.29 is 14.6 Å². The molecule has 0 aromatic heterocycles. The number of anilines is 1. The standard InChI is InChI=1S/C13H18N2O3/c1-18-12-8-10(14)2-3-11(12)9-4-6-15(7-5-9)13(16)17/h2-3,8-9H,4-7,14H2,1H3,(H,16,17). The molecule has 0 radical (unpaired) electrons. The molecule has 5 nitrogen and oxygen atoms in total. The van der Waals surface area contributed by atoms with Crippen LogP contribution < -0.4 is 10.5 Å². The summed E-state index contributed by atoms with van der Waals surface area (Å²) in [5.74, 6) is 1.14. The van der Waals surface area contributed by atoms with Crippen LogP contribution in [0.1, 0.15) is 24.3 Å². The Morgan fingerprint density at radius 2 is 2.11 bits per heavy atom. The number of nitrogen functional groups attached to an aromatic ring is 1. The normalized spacial score (nSPS) is 16.6. The Bertz CT molecular complexity index is 440. The lowest BCUT2D eigenvalue weighted by atomic mass is 9.89. The zero-order chi connectivity index (χ0) is 13.1. The molecule has 98 valence electrons. The predicted octanol–water partition coefficient (Wildman–Crippen LogP) is 2.13. The molecule has 0 unspecified atom stereocenters. The minimum atomic E-state index is -0.835. The number of nitrogens with two attached hydrogens (primary N) is 1. The second kappa shape index (κ2) is 5.16. The van der Waals surface area contributed by atoms with Gasteiger partial charge in [0.15, 0.2) is 0 Å². The highest BCUT2D eigenvalue weighted by molar-refractivity contribution is 5.65. The maximum Gasteiger partial charge on any atom is 0.407 e. The van der Waals surface area contributed by atoms with E-state index in [4.69, 9.17) is 15.6 Å². The second-order valence-corrected chi connectivity index (χ2v) is 4.55. The molecule has 1 aliphatic rings. The van der Waals surface area contributed by atoms with Gasteiger partial charge in [-0.25, -0.2) is 4.79 Å². The molecule has 1 aromatic carbocycles. The lowest BCUT2D eigenvalue weighted by molar-refractivity contribution is 0.132. The Labute approximate surface area is 106 Å². The second-order valence-electron chi connectivity index (χ2n) is 4.55. The summed E-state index contributed by atoms with van der Waals surface area (Å²) in [6, 6.07) is 5.66. The fourth-order valence-corrected chi connectivity index (χ4v) is 2.45. The van der Waals surface area contributed by atoms with Crippen LogP contribution in [-0.2, 0) is 0 Å². The van der Waals surface area contributed by atoms with E-state index in [9.17, 15) is 4.79 Å². The van der Waals surface area contributed by atoms with Crippen LogP contribution in [0.2, 0.25) is 0 Å². The maximum atomic E-state index is 10.9. The number of amides is 1. The van der Waals surface area contributed by atoms with Crippen molar-refractivity contribution >= 4 is 11.8 Å². The number of nitrogens with zero attached hydrogens (tertiary/aromatic N) is 1. The monoisotopic (exact) mass is 250 g/mol. The fraction of sp³-hybridized carbons (Fsp3) is 0.462. The van der Waals surface area contributed by atoms with E-state index in [0.717, 1.165) is 24.2 Å². The highest BCUT2D eigenvalue weighted by atomic mass is 16.5. The topological polar surface area (TPSA) is 75.8 Å². The van der Waals surface area contributed by atoms with Gasteiger partial charge in [-0.05, 0) is 30.4 Å². The van der Waals surface area contributed by atoms with Crippen LogP contribution in [0.4, 0.5) is 10.5 Å². The van der Waals surface area contributed by atoms with Gasteiger partial charge < -0.3 is 20.5 Å². The summed E-state index contributed by atoms with van der Waals surface area (Å²) < 4.78 is 5.34. The van der Waals surface area contributed by atoms with Crippen molar-refractivity contribution in [1.82, 2.24) is 4.90 Å². The third-order valence-corrected chi connectivity index (χ3v) is 3.46. The molecule has 2 rings (SSSR count). The van der Waals surface area contributed by atoms with Gasteiger partial charge in [-0.2, -0.15) is 0 Å². The first kappa shape index (κ1) is 12.5. The molecule has 1 amide bonds. The predicted molar refractivity (Wildman–Crippen MR) is 69.0 cm³/mol. The largest absolute Gasteiger partial charge is 0.496 e. The molecule has 1 saturated heterocycles. The molecule has 3 N–H and O–H groups in total. The van der Waals surface area contributed by atoms with Gasteiger partial charge in [0, 0.05) is 24.8 Å². The molecular formula is C13H18N2O3. The maximum absolute atomic E-state index is 10.9. The van der Waals surface area contributed by atoms with E-state index in [1.54, 1.807) is 7.11 Å². The van der Waals surface area contributed by atoms with Crippen LogP contribution in [-0.4, -0.2) is 36.3 Å². The summed E-state index contributed by atoms with van der Waals surface area (Å²) in [6.07, 6.45) is 0.816. The van der Waals surface area contributed by atoms with Gasteiger partial charge in [-0.3, -0.25) is 0 Å². The summed E-state index contributed by atoms with van der Waals surface area (Å²) in [5.41, 5.74) is 7.53.